The van der Waals surface area contributed by atoms with Crippen molar-refractivity contribution in [2.45, 2.75) is 18.6 Å². The summed E-state index contributed by atoms with van der Waals surface area (Å²) in [6.45, 7) is 2.22. The Morgan fingerprint density at radius 2 is 1.48 bits per heavy atom. The number of quaternary nitrogens is 1. The van der Waals surface area contributed by atoms with Crippen LogP contribution in [0.25, 0.3) is 11.1 Å². The van der Waals surface area contributed by atoms with E-state index < -0.39 is 5.60 Å². The number of ether oxygens (including phenoxy) is 1. The van der Waals surface area contributed by atoms with Gasteiger partial charge in [-0.05, 0) is 34.4 Å². The molecule has 0 unspecified atom stereocenters. The van der Waals surface area contributed by atoms with Crippen LogP contribution in [0.5, 0.6) is 5.75 Å². The van der Waals surface area contributed by atoms with Crippen LogP contribution in [0, 0.1) is 0 Å². The van der Waals surface area contributed by atoms with Crippen LogP contribution in [0.2, 0.25) is 0 Å². The van der Waals surface area contributed by atoms with Crippen LogP contribution in [-0.4, -0.2) is 36.7 Å². The van der Waals surface area contributed by atoms with Gasteiger partial charge in [0, 0.05) is 12.0 Å². The molecule has 3 aromatic carbocycles. The zero-order valence-electron chi connectivity index (χ0n) is 19.0. The van der Waals surface area contributed by atoms with Gasteiger partial charge in [0.15, 0.2) is 11.7 Å². The fourth-order valence-corrected chi connectivity index (χ4v) is 4.67. The van der Waals surface area contributed by atoms with E-state index in [0.717, 1.165) is 35.6 Å². The van der Waals surface area contributed by atoms with Gasteiger partial charge in [0.05, 0.1) is 33.4 Å². The largest absolute Gasteiger partial charge is 0.835 e. The number of nitrogens with zero attached hydrogens (tertiary/aromatic N) is 2. The third kappa shape index (κ3) is 4.06. The zero-order chi connectivity index (χ0) is 22.9. The van der Waals surface area contributed by atoms with E-state index in [9.17, 15) is 5.11 Å². The highest BCUT2D eigenvalue weighted by molar-refractivity contribution is 5.81. The van der Waals surface area contributed by atoms with Crippen molar-refractivity contribution >= 4 is 0 Å². The standard InChI is InChI=1S/C28H28N2O3/c1-30(2,17-10-18-32-21-11-4-3-5-12-21)20-22-19-29-27(33-22)28(31)25-15-8-6-13-23(25)24-14-7-9-16-26(24)28/h3-9,11-16,19H,10,17-18,20H2,1-2H3. The lowest BCUT2D eigenvalue weighted by molar-refractivity contribution is -0.904. The molecule has 0 N–H and O–H groups in total. The predicted molar refractivity (Wildman–Crippen MR) is 125 cm³/mol. The number of hydrogen-bond acceptors (Lipinski definition) is 4. The molecular formula is C28H28N2O3. The van der Waals surface area contributed by atoms with Gasteiger partial charge in [-0.1, -0.05) is 66.7 Å². The summed E-state index contributed by atoms with van der Waals surface area (Å²) in [5, 5.41) is 14.3. The highest BCUT2D eigenvalue weighted by Crippen LogP contribution is 2.48. The summed E-state index contributed by atoms with van der Waals surface area (Å²) >= 11 is 0. The summed E-state index contributed by atoms with van der Waals surface area (Å²) in [4.78, 5) is 4.47. The van der Waals surface area contributed by atoms with Crippen LogP contribution in [0.15, 0.2) is 89.5 Å². The van der Waals surface area contributed by atoms with E-state index in [1.807, 2.05) is 78.9 Å². The Labute approximate surface area is 194 Å². The van der Waals surface area contributed by atoms with Crippen LogP contribution in [0.1, 0.15) is 29.2 Å². The summed E-state index contributed by atoms with van der Waals surface area (Å²) < 4.78 is 12.7. The normalized spacial score (nSPS) is 14.0. The maximum absolute atomic E-state index is 14.3. The smallest absolute Gasteiger partial charge is 0.193 e. The van der Waals surface area contributed by atoms with Gasteiger partial charge in [-0.25, -0.2) is 4.98 Å². The van der Waals surface area contributed by atoms with E-state index >= 15 is 0 Å². The molecule has 0 saturated heterocycles. The first-order valence-corrected chi connectivity index (χ1v) is 11.3. The Hall–Kier alpha value is -3.41. The molecule has 0 atom stereocenters. The summed E-state index contributed by atoms with van der Waals surface area (Å²) in [5.74, 6) is 1.82. The molecule has 0 fully saturated rings. The SMILES string of the molecule is C[N+](C)(CCCOc1ccccc1)Cc1cnc(C2([O-])c3ccccc3-c3ccccc32)o1. The monoisotopic (exact) mass is 440 g/mol. The summed E-state index contributed by atoms with van der Waals surface area (Å²) in [7, 11) is 4.30. The Kier molecular flexibility index (Phi) is 5.52. The Balaban J connectivity index is 1.30. The quantitative estimate of drug-likeness (QED) is 0.302. The molecule has 0 radical (unpaired) electrons. The second-order valence-corrected chi connectivity index (χ2v) is 9.24. The molecule has 4 aromatic rings. The van der Waals surface area contributed by atoms with Crippen LogP contribution in [-0.2, 0) is 12.1 Å². The van der Waals surface area contributed by atoms with Gasteiger partial charge in [-0.2, -0.15) is 0 Å². The number of fused-ring (bicyclic) bond motifs is 3. The Morgan fingerprint density at radius 1 is 0.879 bits per heavy atom. The molecule has 0 bridgehead atoms. The minimum atomic E-state index is -1.63. The first-order chi connectivity index (χ1) is 16.0. The van der Waals surface area contributed by atoms with Crippen LogP contribution in [0.4, 0.5) is 0 Å². The number of para-hydroxylation sites is 1. The van der Waals surface area contributed by atoms with Gasteiger partial charge >= 0.3 is 0 Å². The Bertz CT molecular complexity index is 1200. The molecule has 0 aliphatic heterocycles. The van der Waals surface area contributed by atoms with Crippen LogP contribution in [0.3, 0.4) is 0 Å². The van der Waals surface area contributed by atoms with E-state index in [0.29, 0.717) is 28.8 Å². The maximum atomic E-state index is 14.3. The first kappa shape index (κ1) is 21.4. The summed E-state index contributed by atoms with van der Waals surface area (Å²) in [6.07, 6.45) is 2.62. The van der Waals surface area contributed by atoms with Gasteiger partial charge in [0.25, 0.3) is 0 Å². The molecule has 1 aromatic heterocycles. The highest BCUT2D eigenvalue weighted by Gasteiger charge is 2.38. The predicted octanol–water partition coefficient (Wildman–Crippen LogP) is 4.35. The minimum absolute atomic E-state index is 0.210. The van der Waals surface area contributed by atoms with Gasteiger partial charge in [-0.3, -0.25) is 0 Å². The molecule has 0 spiro atoms. The van der Waals surface area contributed by atoms with Gasteiger partial charge in [-0.15, -0.1) is 0 Å². The zero-order valence-corrected chi connectivity index (χ0v) is 19.0. The molecule has 1 heterocycles. The Morgan fingerprint density at radius 3 is 2.15 bits per heavy atom. The fraction of sp³-hybridized carbons (Fsp3) is 0.250. The maximum Gasteiger partial charge on any atom is 0.193 e. The first-order valence-electron chi connectivity index (χ1n) is 11.3. The van der Waals surface area contributed by atoms with Crippen molar-refractivity contribution in [3.8, 4) is 16.9 Å². The van der Waals surface area contributed by atoms with Crippen LogP contribution >= 0.6 is 0 Å². The van der Waals surface area contributed by atoms with Crippen molar-refractivity contribution in [1.82, 2.24) is 4.98 Å². The molecule has 5 heteroatoms. The van der Waals surface area contributed by atoms with Crippen molar-refractivity contribution in [2.24, 2.45) is 0 Å². The van der Waals surface area contributed by atoms with Crippen molar-refractivity contribution in [3.05, 3.63) is 108 Å². The topological polar surface area (TPSA) is 58.3 Å². The van der Waals surface area contributed by atoms with E-state index in [2.05, 4.69) is 19.1 Å². The molecule has 0 saturated carbocycles. The molecule has 1 aliphatic carbocycles. The number of benzene rings is 3. The lowest BCUT2D eigenvalue weighted by Crippen LogP contribution is -2.41. The molecule has 5 nitrogen and oxygen atoms in total. The average molecular weight is 441 g/mol. The van der Waals surface area contributed by atoms with Gasteiger partial charge < -0.3 is 18.7 Å². The van der Waals surface area contributed by atoms with E-state index in [1.54, 1.807) is 6.20 Å². The van der Waals surface area contributed by atoms with E-state index in [4.69, 9.17) is 9.15 Å². The number of aromatic nitrogens is 1. The summed E-state index contributed by atoms with van der Waals surface area (Å²) in [5.41, 5.74) is 1.68. The van der Waals surface area contributed by atoms with Crippen molar-refractivity contribution < 1.29 is 18.7 Å². The van der Waals surface area contributed by atoms with Crippen LogP contribution < -0.4 is 9.84 Å². The van der Waals surface area contributed by atoms with Gasteiger partial charge in [0.1, 0.15) is 12.3 Å². The molecule has 0 amide bonds. The van der Waals surface area contributed by atoms with E-state index in [1.165, 1.54) is 0 Å². The molecule has 1 aliphatic rings. The summed E-state index contributed by atoms with van der Waals surface area (Å²) in [6, 6.07) is 25.4. The lowest BCUT2D eigenvalue weighted by atomic mass is 9.91. The fourth-order valence-electron chi connectivity index (χ4n) is 4.67. The third-order valence-corrected chi connectivity index (χ3v) is 6.26. The minimum Gasteiger partial charge on any atom is -0.835 e. The average Bonchev–Trinajstić information content (AvgIpc) is 3.40. The second kappa shape index (κ2) is 8.50. The molecule has 5 rings (SSSR count). The van der Waals surface area contributed by atoms with Crippen molar-refractivity contribution in [3.63, 3.8) is 0 Å². The van der Waals surface area contributed by atoms with Gasteiger partial charge in [0.2, 0.25) is 0 Å². The third-order valence-electron chi connectivity index (χ3n) is 6.26. The lowest BCUT2D eigenvalue weighted by Gasteiger charge is -2.35. The number of oxazole rings is 1. The number of rotatable bonds is 8. The molecule has 168 valence electrons. The highest BCUT2D eigenvalue weighted by atomic mass is 16.5. The molecule has 33 heavy (non-hydrogen) atoms. The molecular weight excluding hydrogens is 412 g/mol. The number of hydrogen-bond donors (Lipinski definition) is 0. The van der Waals surface area contributed by atoms with E-state index in [-0.39, 0.29) is 5.89 Å². The van der Waals surface area contributed by atoms with Crippen molar-refractivity contribution in [2.75, 3.05) is 27.2 Å². The second-order valence-electron chi connectivity index (χ2n) is 9.24. The van der Waals surface area contributed by atoms with Crippen molar-refractivity contribution in [1.29, 1.82) is 0 Å².